The van der Waals surface area contributed by atoms with Gasteiger partial charge in [-0.3, -0.25) is 5.14 Å². The third kappa shape index (κ3) is 2.64. The summed E-state index contributed by atoms with van der Waals surface area (Å²) in [7, 11) is 1.72. The van der Waals surface area contributed by atoms with Gasteiger partial charge in [0.1, 0.15) is 5.75 Å². The summed E-state index contributed by atoms with van der Waals surface area (Å²) >= 11 is 1.28. The van der Waals surface area contributed by atoms with Crippen LogP contribution in [-0.2, 0) is 13.0 Å². The molecule has 0 fully saturated rings. The molecule has 0 unspecified atom stereocenters. The maximum atomic E-state index is 5.62. The molecule has 124 valence electrons. The van der Waals surface area contributed by atoms with Crippen LogP contribution in [0.25, 0.3) is 10.9 Å². The minimum Gasteiger partial charge on any atom is -0.497 e. The van der Waals surface area contributed by atoms with Crippen LogP contribution in [0.4, 0.5) is 5.69 Å². The van der Waals surface area contributed by atoms with E-state index in [1.165, 1.54) is 46.2 Å². The van der Waals surface area contributed by atoms with Crippen molar-refractivity contribution in [3.8, 4) is 5.75 Å². The van der Waals surface area contributed by atoms with Gasteiger partial charge in [0.05, 0.1) is 18.3 Å². The third-order valence-corrected chi connectivity index (χ3v) is 5.22. The van der Waals surface area contributed by atoms with Crippen molar-refractivity contribution in [2.45, 2.75) is 24.3 Å². The Morgan fingerprint density at radius 2 is 2.04 bits per heavy atom. The number of ether oxygens (including phenoxy) is 1. The first-order valence-corrected chi connectivity index (χ1v) is 9.07. The molecular weight excluding hydrogens is 318 g/mol. The minimum absolute atomic E-state index is 0.857. The standard InChI is InChI=1S/C19H21N3OS/c1-23-14-6-9-16-18(11-14)22(17-3-2-10-21-19(16)17)12-13-4-7-15(24-20)8-5-13/h4-9,11,21H,2-3,10,12,20H2,1H3. The lowest BCUT2D eigenvalue weighted by atomic mass is 10.1. The van der Waals surface area contributed by atoms with Crippen molar-refractivity contribution in [1.82, 2.24) is 4.57 Å². The van der Waals surface area contributed by atoms with Gasteiger partial charge in [0.15, 0.2) is 0 Å². The van der Waals surface area contributed by atoms with E-state index in [9.17, 15) is 0 Å². The molecule has 2 heterocycles. The van der Waals surface area contributed by atoms with Crippen LogP contribution in [-0.4, -0.2) is 18.2 Å². The zero-order valence-corrected chi connectivity index (χ0v) is 14.5. The molecule has 5 heteroatoms. The summed E-state index contributed by atoms with van der Waals surface area (Å²) in [5.41, 5.74) is 5.18. The molecule has 0 atom stereocenters. The number of nitrogens with one attached hydrogen (secondary N) is 1. The normalized spacial score (nSPS) is 13.6. The van der Waals surface area contributed by atoms with Gasteiger partial charge in [-0.05, 0) is 54.6 Å². The van der Waals surface area contributed by atoms with Gasteiger partial charge in [0.25, 0.3) is 0 Å². The quantitative estimate of drug-likeness (QED) is 0.705. The van der Waals surface area contributed by atoms with Gasteiger partial charge in [0, 0.05) is 35.1 Å². The fourth-order valence-corrected chi connectivity index (χ4v) is 3.77. The Morgan fingerprint density at radius 1 is 1.21 bits per heavy atom. The second-order valence-corrected chi connectivity index (χ2v) is 6.79. The van der Waals surface area contributed by atoms with E-state index in [2.05, 4.69) is 46.3 Å². The fourth-order valence-electron chi connectivity index (χ4n) is 3.47. The van der Waals surface area contributed by atoms with E-state index >= 15 is 0 Å². The van der Waals surface area contributed by atoms with Crippen LogP contribution < -0.4 is 15.2 Å². The van der Waals surface area contributed by atoms with Crippen molar-refractivity contribution in [1.29, 1.82) is 0 Å². The summed E-state index contributed by atoms with van der Waals surface area (Å²) in [5.74, 6) is 0.897. The zero-order valence-electron chi connectivity index (χ0n) is 13.7. The van der Waals surface area contributed by atoms with E-state index in [1.54, 1.807) is 7.11 Å². The average Bonchev–Trinajstić information content (AvgIpc) is 2.96. The van der Waals surface area contributed by atoms with Crippen molar-refractivity contribution < 1.29 is 4.74 Å². The molecule has 0 saturated carbocycles. The van der Waals surface area contributed by atoms with Crippen LogP contribution in [0.15, 0.2) is 47.4 Å². The van der Waals surface area contributed by atoms with E-state index in [1.807, 2.05) is 6.07 Å². The van der Waals surface area contributed by atoms with Gasteiger partial charge >= 0.3 is 0 Å². The zero-order chi connectivity index (χ0) is 16.5. The van der Waals surface area contributed by atoms with Crippen LogP contribution in [0.5, 0.6) is 5.75 Å². The number of hydrogen-bond donors (Lipinski definition) is 2. The summed E-state index contributed by atoms with van der Waals surface area (Å²) in [6.07, 6.45) is 2.28. The summed E-state index contributed by atoms with van der Waals surface area (Å²) in [4.78, 5) is 1.08. The molecule has 0 aliphatic carbocycles. The summed E-state index contributed by atoms with van der Waals surface area (Å²) < 4.78 is 7.86. The predicted molar refractivity (Wildman–Crippen MR) is 101 cm³/mol. The summed E-state index contributed by atoms with van der Waals surface area (Å²) in [6, 6.07) is 14.8. The van der Waals surface area contributed by atoms with Crippen molar-refractivity contribution in [2.75, 3.05) is 19.0 Å². The SMILES string of the molecule is COc1ccc2c3c(n(Cc4ccc(SN)cc4)c2c1)CCCN3. The first kappa shape index (κ1) is 15.4. The van der Waals surface area contributed by atoms with Crippen LogP contribution in [0.3, 0.4) is 0 Å². The number of benzene rings is 2. The van der Waals surface area contributed by atoms with Crippen molar-refractivity contribution in [3.63, 3.8) is 0 Å². The van der Waals surface area contributed by atoms with Crippen LogP contribution in [0.1, 0.15) is 17.7 Å². The predicted octanol–water partition coefficient (Wildman–Crippen LogP) is 4.02. The van der Waals surface area contributed by atoms with Crippen molar-refractivity contribution >= 4 is 28.5 Å². The molecule has 0 bridgehead atoms. The molecule has 3 aromatic rings. The molecule has 0 amide bonds. The molecule has 0 saturated heterocycles. The lowest BCUT2D eigenvalue weighted by Gasteiger charge is -2.17. The number of anilines is 1. The van der Waals surface area contributed by atoms with Gasteiger partial charge in [-0.2, -0.15) is 0 Å². The molecule has 1 aromatic heterocycles. The number of methoxy groups -OCH3 is 1. The Hall–Kier alpha value is -2.11. The monoisotopic (exact) mass is 339 g/mol. The second kappa shape index (κ2) is 6.42. The van der Waals surface area contributed by atoms with E-state index < -0.39 is 0 Å². The lowest BCUT2D eigenvalue weighted by molar-refractivity contribution is 0.415. The van der Waals surface area contributed by atoms with E-state index in [4.69, 9.17) is 9.88 Å². The molecule has 0 radical (unpaired) electrons. The van der Waals surface area contributed by atoms with Gasteiger partial charge in [-0.25, -0.2) is 0 Å². The molecule has 4 rings (SSSR count). The third-order valence-electron chi connectivity index (χ3n) is 4.67. The average molecular weight is 339 g/mol. The molecule has 2 aromatic carbocycles. The molecule has 1 aliphatic rings. The Kier molecular flexibility index (Phi) is 4.12. The molecular formula is C19H21N3OS. The van der Waals surface area contributed by atoms with Crippen LogP contribution in [0.2, 0.25) is 0 Å². The van der Waals surface area contributed by atoms with Crippen molar-refractivity contribution in [3.05, 3.63) is 53.7 Å². The number of nitrogens with zero attached hydrogens (tertiary/aromatic N) is 1. The maximum Gasteiger partial charge on any atom is 0.120 e. The summed E-state index contributed by atoms with van der Waals surface area (Å²) in [5, 5.41) is 10.5. The number of aromatic nitrogens is 1. The van der Waals surface area contributed by atoms with E-state index in [-0.39, 0.29) is 0 Å². The highest BCUT2D eigenvalue weighted by atomic mass is 32.2. The number of nitrogens with two attached hydrogens (primary N) is 1. The molecule has 1 aliphatic heterocycles. The number of rotatable bonds is 4. The van der Waals surface area contributed by atoms with Gasteiger partial charge in [-0.1, -0.05) is 12.1 Å². The van der Waals surface area contributed by atoms with Crippen LogP contribution >= 0.6 is 11.9 Å². The van der Waals surface area contributed by atoms with Gasteiger partial charge in [0.2, 0.25) is 0 Å². The Balaban J connectivity index is 1.82. The molecule has 0 spiro atoms. The largest absolute Gasteiger partial charge is 0.497 e. The maximum absolute atomic E-state index is 5.62. The Morgan fingerprint density at radius 3 is 2.79 bits per heavy atom. The highest BCUT2D eigenvalue weighted by Gasteiger charge is 2.20. The van der Waals surface area contributed by atoms with E-state index in [0.717, 1.165) is 30.2 Å². The fraction of sp³-hybridized carbons (Fsp3) is 0.263. The van der Waals surface area contributed by atoms with Gasteiger partial charge < -0.3 is 14.6 Å². The Labute approximate surface area is 146 Å². The minimum atomic E-state index is 0.857. The smallest absolute Gasteiger partial charge is 0.120 e. The lowest BCUT2D eigenvalue weighted by Crippen LogP contribution is -2.14. The second-order valence-electron chi connectivity index (χ2n) is 6.08. The Bertz CT molecular complexity index is 870. The first-order valence-electron chi connectivity index (χ1n) is 8.19. The molecule has 3 N–H and O–H groups in total. The number of fused-ring (bicyclic) bond motifs is 3. The molecule has 4 nitrogen and oxygen atoms in total. The molecule has 24 heavy (non-hydrogen) atoms. The topological polar surface area (TPSA) is 52.2 Å². The number of hydrogen-bond acceptors (Lipinski definition) is 4. The van der Waals surface area contributed by atoms with Gasteiger partial charge in [-0.15, -0.1) is 0 Å². The van der Waals surface area contributed by atoms with Crippen molar-refractivity contribution in [2.24, 2.45) is 5.14 Å². The van der Waals surface area contributed by atoms with E-state index in [0.29, 0.717) is 0 Å². The van der Waals surface area contributed by atoms with Crippen LogP contribution in [0, 0.1) is 0 Å². The summed E-state index contributed by atoms with van der Waals surface area (Å²) in [6.45, 7) is 1.90. The highest BCUT2D eigenvalue weighted by molar-refractivity contribution is 7.97. The first-order chi connectivity index (χ1) is 11.8. The highest BCUT2D eigenvalue weighted by Crippen LogP contribution is 2.36.